The fourth-order valence-electron chi connectivity index (χ4n) is 1.34. The van der Waals surface area contributed by atoms with Crippen molar-refractivity contribution in [2.24, 2.45) is 5.73 Å². The Labute approximate surface area is 109 Å². The molecule has 0 radical (unpaired) electrons. The number of hydrogen-bond donors (Lipinski definition) is 2. The number of urea groups is 1. The zero-order valence-corrected chi connectivity index (χ0v) is 10.7. The number of carbonyl (C=O) groups excluding carboxylic acids is 1. The average Bonchev–Trinajstić information content (AvgIpc) is 2.36. The lowest BCUT2D eigenvalue weighted by Gasteiger charge is -2.24. The van der Waals surface area contributed by atoms with E-state index in [1.807, 2.05) is 0 Å². The maximum absolute atomic E-state index is 12.5. The van der Waals surface area contributed by atoms with Gasteiger partial charge in [-0.15, -0.1) is 0 Å². The number of rotatable bonds is 3. The summed E-state index contributed by atoms with van der Waals surface area (Å²) in [6, 6.07) is 3.77. The first-order valence-electron chi connectivity index (χ1n) is 5.67. The van der Waals surface area contributed by atoms with E-state index in [2.05, 4.69) is 5.32 Å². The van der Waals surface area contributed by atoms with E-state index < -0.39 is 17.8 Å². The monoisotopic (exact) mass is 275 g/mol. The number of likely N-dealkylation sites (N-methyl/N-ethyl adjacent to an activating group) is 1. The van der Waals surface area contributed by atoms with Crippen LogP contribution in [0.1, 0.15) is 12.5 Å². The maximum Gasteiger partial charge on any atom is 0.416 e. The van der Waals surface area contributed by atoms with Gasteiger partial charge in [-0.25, -0.2) is 4.79 Å². The van der Waals surface area contributed by atoms with E-state index in [1.54, 1.807) is 6.92 Å². The molecule has 0 aliphatic heterocycles. The van der Waals surface area contributed by atoms with Gasteiger partial charge in [0, 0.05) is 25.3 Å². The number of anilines is 1. The molecule has 1 atom stereocenters. The summed E-state index contributed by atoms with van der Waals surface area (Å²) in [7, 11) is 1.53. The quantitative estimate of drug-likeness (QED) is 0.890. The second kappa shape index (κ2) is 5.92. The Morgan fingerprint density at radius 2 is 2.11 bits per heavy atom. The van der Waals surface area contributed by atoms with Crippen LogP contribution in [0, 0.1) is 0 Å². The van der Waals surface area contributed by atoms with Crippen LogP contribution in [-0.4, -0.2) is 30.6 Å². The lowest BCUT2D eigenvalue weighted by Crippen LogP contribution is -2.42. The van der Waals surface area contributed by atoms with Gasteiger partial charge in [-0.05, 0) is 25.1 Å². The molecular formula is C12H16F3N3O. The molecule has 1 rings (SSSR count). The topological polar surface area (TPSA) is 58.4 Å². The van der Waals surface area contributed by atoms with Crippen molar-refractivity contribution < 1.29 is 18.0 Å². The molecule has 1 unspecified atom stereocenters. The van der Waals surface area contributed by atoms with Crippen molar-refractivity contribution in [3.05, 3.63) is 29.8 Å². The van der Waals surface area contributed by atoms with Crippen LogP contribution in [0.5, 0.6) is 0 Å². The summed E-state index contributed by atoms with van der Waals surface area (Å²) in [5.41, 5.74) is 4.70. The van der Waals surface area contributed by atoms with E-state index in [9.17, 15) is 18.0 Å². The molecule has 0 saturated heterocycles. The van der Waals surface area contributed by atoms with Crippen molar-refractivity contribution >= 4 is 11.7 Å². The number of benzene rings is 1. The van der Waals surface area contributed by atoms with Gasteiger partial charge in [-0.3, -0.25) is 0 Å². The van der Waals surface area contributed by atoms with Crippen LogP contribution < -0.4 is 11.1 Å². The van der Waals surface area contributed by atoms with Gasteiger partial charge in [0.15, 0.2) is 0 Å². The average molecular weight is 275 g/mol. The lowest BCUT2D eigenvalue weighted by atomic mass is 10.2. The van der Waals surface area contributed by atoms with Crippen molar-refractivity contribution in [3.8, 4) is 0 Å². The molecule has 0 fully saturated rings. The summed E-state index contributed by atoms with van der Waals surface area (Å²) in [4.78, 5) is 13.1. The Morgan fingerprint density at radius 3 is 2.63 bits per heavy atom. The molecule has 1 aromatic carbocycles. The number of nitrogens with two attached hydrogens (primary N) is 1. The van der Waals surface area contributed by atoms with Gasteiger partial charge in [-0.1, -0.05) is 6.07 Å². The van der Waals surface area contributed by atoms with E-state index in [1.165, 1.54) is 24.1 Å². The zero-order chi connectivity index (χ0) is 14.6. The Kier molecular flexibility index (Phi) is 4.77. The third-order valence-electron chi connectivity index (χ3n) is 2.76. The van der Waals surface area contributed by atoms with Gasteiger partial charge < -0.3 is 16.0 Å². The third-order valence-corrected chi connectivity index (χ3v) is 2.76. The van der Waals surface area contributed by atoms with E-state index >= 15 is 0 Å². The molecule has 19 heavy (non-hydrogen) atoms. The summed E-state index contributed by atoms with van der Waals surface area (Å²) in [5, 5.41) is 2.40. The fraction of sp³-hybridized carbons (Fsp3) is 0.417. The molecule has 7 heteroatoms. The Bertz CT molecular complexity index is 448. The molecule has 0 saturated carbocycles. The third kappa shape index (κ3) is 4.13. The minimum atomic E-state index is -4.43. The SMILES string of the molecule is CC(CN)N(C)C(=O)Nc1cccc(C(F)(F)F)c1. The zero-order valence-electron chi connectivity index (χ0n) is 10.7. The first kappa shape index (κ1) is 15.3. The summed E-state index contributed by atoms with van der Waals surface area (Å²) < 4.78 is 37.5. The van der Waals surface area contributed by atoms with Gasteiger partial charge in [0.1, 0.15) is 0 Å². The molecule has 0 aliphatic rings. The van der Waals surface area contributed by atoms with E-state index in [0.29, 0.717) is 0 Å². The summed E-state index contributed by atoms with van der Waals surface area (Å²) >= 11 is 0. The van der Waals surface area contributed by atoms with Crippen LogP contribution in [0.3, 0.4) is 0 Å². The number of amides is 2. The molecule has 0 aromatic heterocycles. The molecule has 3 N–H and O–H groups in total. The predicted molar refractivity (Wildman–Crippen MR) is 66.7 cm³/mol. The number of halogens is 3. The van der Waals surface area contributed by atoms with Crippen molar-refractivity contribution in [3.63, 3.8) is 0 Å². The highest BCUT2D eigenvalue weighted by Crippen LogP contribution is 2.30. The molecule has 2 amide bonds. The van der Waals surface area contributed by atoms with Crippen LogP contribution in [0.4, 0.5) is 23.7 Å². The van der Waals surface area contributed by atoms with E-state index in [0.717, 1.165) is 12.1 Å². The van der Waals surface area contributed by atoms with Crippen LogP contribution in [0.2, 0.25) is 0 Å². The van der Waals surface area contributed by atoms with Gasteiger partial charge >= 0.3 is 12.2 Å². The number of carbonyl (C=O) groups is 1. The molecule has 0 bridgehead atoms. The highest BCUT2D eigenvalue weighted by atomic mass is 19.4. The summed E-state index contributed by atoms with van der Waals surface area (Å²) in [6.07, 6.45) is -4.43. The summed E-state index contributed by atoms with van der Waals surface area (Å²) in [5.74, 6) is 0. The van der Waals surface area contributed by atoms with Gasteiger partial charge in [0.2, 0.25) is 0 Å². The summed E-state index contributed by atoms with van der Waals surface area (Å²) in [6.45, 7) is 2.01. The van der Waals surface area contributed by atoms with E-state index in [-0.39, 0.29) is 18.3 Å². The molecular weight excluding hydrogens is 259 g/mol. The number of hydrogen-bond acceptors (Lipinski definition) is 2. The highest BCUT2D eigenvalue weighted by molar-refractivity contribution is 5.89. The standard InChI is InChI=1S/C12H16F3N3O/c1-8(7-16)18(2)11(19)17-10-5-3-4-9(6-10)12(13,14)15/h3-6,8H,7,16H2,1-2H3,(H,17,19). The van der Waals surface area contributed by atoms with Crippen molar-refractivity contribution in [2.45, 2.75) is 19.1 Å². The predicted octanol–water partition coefficient (Wildman–Crippen LogP) is 2.52. The molecule has 0 spiro atoms. The first-order valence-corrected chi connectivity index (χ1v) is 5.67. The Balaban J connectivity index is 2.80. The number of nitrogens with zero attached hydrogens (tertiary/aromatic N) is 1. The number of alkyl halides is 3. The van der Waals surface area contributed by atoms with Crippen LogP contribution in [-0.2, 0) is 6.18 Å². The normalized spacial score (nSPS) is 12.9. The number of nitrogens with one attached hydrogen (secondary N) is 1. The maximum atomic E-state index is 12.5. The lowest BCUT2D eigenvalue weighted by molar-refractivity contribution is -0.137. The fourth-order valence-corrected chi connectivity index (χ4v) is 1.34. The largest absolute Gasteiger partial charge is 0.416 e. The molecule has 4 nitrogen and oxygen atoms in total. The molecule has 0 aliphatic carbocycles. The highest BCUT2D eigenvalue weighted by Gasteiger charge is 2.30. The first-order chi connectivity index (χ1) is 8.75. The van der Waals surface area contributed by atoms with Gasteiger partial charge in [0.25, 0.3) is 0 Å². The second-order valence-electron chi connectivity index (χ2n) is 4.20. The minimum absolute atomic E-state index is 0.0934. The van der Waals surface area contributed by atoms with Gasteiger partial charge in [-0.2, -0.15) is 13.2 Å². The van der Waals surface area contributed by atoms with Crippen molar-refractivity contribution in [1.82, 2.24) is 4.90 Å². The van der Waals surface area contributed by atoms with Crippen molar-refractivity contribution in [2.75, 3.05) is 18.9 Å². The van der Waals surface area contributed by atoms with Crippen LogP contribution in [0.25, 0.3) is 0 Å². The van der Waals surface area contributed by atoms with Crippen LogP contribution in [0.15, 0.2) is 24.3 Å². The molecule has 1 aromatic rings. The molecule has 0 heterocycles. The molecule has 106 valence electrons. The van der Waals surface area contributed by atoms with E-state index in [4.69, 9.17) is 5.73 Å². The van der Waals surface area contributed by atoms with Crippen molar-refractivity contribution in [1.29, 1.82) is 0 Å². The Hall–Kier alpha value is -1.76. The Morgan fingerprint density at radius 1 is 1.47 bits per heavy atom. The minimum Gasteiger partial charge on any atom is -0.328 e. The smallest absolute Gasteiger partial charge is 0.328 e. The van der Waals surface area contributed by atoms with Crippen LogP contribution >= 0.6 is 0 Å². The van der Waals surface area contributed by atoms with Gasteiger partial charge in [0.05, 0.1) is 5.56 Å². The second-order valence-corrected chi connectivity index (χ2v) is 4.20.